The standard InChI is InChI=1S/C19H20N2/c1-2-12-21-19(15-7-4-3-5-8-15)18-10-6-9-16-14-20-13-11-17(16)18/h3-11,13-14,19,21H,2,12H2,1H3. The minimum atomic E-state index is 0.220. The van der Waals surface area contributed by atoms with Crippen molar-refractivity contribution in [2.75, 3.05) is 6.54 Å². The Morgan fingerprint density at radius 1 is 1.00 bits per heavy atom. The first-order valence-electron chi connectivity index (χ1n) is 7.51. The van der Waals surface area contributed by atoms with Crippen LogP contribution in [0.15, 0.2) is 67.0 Å². The van der Waals surface area contributed by atoms with Gasteiger partial charge in [-0.3, -0.25) is 4.98 Å². The Morgan fingerprint density at radius 3 is 2.67 bits per heavy atom. The summed E-state index contributed by atoms with van der Waals surface area (Å²) in [5.41, 5.74) is 2.62. The Kier molecular flexibility index (Phi) is 4.27. The Labute approximate surface area is 125 Å². The third kappa shape index (κ3) is 2.96. The molecule has 21 heavy (non-hydrogen) atoms. The van der Waals surface area contributed by atoms with Gasteiger partial charge in [0, 0.05) is 17.8 Å². The molecule has 2 heteroatoms. The first-order valence-corrected chi connectivity index (χ1v) is 7.51. The molecule has 2 nitrogen and oxygen atoms in total. The third-order valence-corrected chi connectivity index (χ3v) is 3.76. The molecule has 3 rings (SSSR count). The van der Waals surface area contributed by atoms with E-state index in [0.717, 1.165) is 13.0 Å². The van der Waals surface area contributed by atoms with Crippen molar-refractivity contribution in [3.05, 3.63) is 78.1 Å². The summed E-state index contributed by atoms with van der Waals surface area (Å²) >= 11 is 0. The van der Waals surface area contributed by atoms with Gasteiger partial charge in [0.05, 0.1) is 6.04 Å². The van der Waals surface area contributed by atoms with E-state index in [4.69, 9.17) is 0 Å². The first kappa shape index (κ1) is 13.8. The minimum absolute atomic E-state index is 0.220. The molecule has 1 aromatic heterocycles. The van der Waals surface area contributed by atoms with Crippen LogP contribution in [0.3, 0.4) is 0 Å². The molecule has 0 saturated carbocycles. The number of hydrogen-bond acceptors (Lipinski definition) is 2. The Balaban J connectivity index is 2.10. The lowest BCUT2D eigenvalue weighted by molar-refractivity contribution is 0.601. The maximum absolute atomic E-state index is 4.23. The van der Waals surface area contributed by atoms with Crippen molar-refractivity contribution < 1.29 is 0 Å². The number of pyridine rings is 1. The number of rotatable bonds is 5. The zero-order valence-electron chi connectivity index (χ0n) is 12.3. The van der Waals surface area contributed by atoms with Gasteiger partial charge < -0.3 is 5.32 Å². The minimum Gasteiger partial charge on any atom is -0.306 e. The molecule has 0 radical (unpaired) electrons. The Morgan fingerprint density at radius 2 is 1.86 bits per heavy atom. The van der Waals surface area contributed by atoms with Crippen LogP contribution in [0.2, 0.25) is 0 Å². The average Bonchev–Trinajstić information content (AvgIpc) is 2.56. The fourth-order valence-electron chi connectivity index (χ4n) is 2.74. The molecule has 0 aliphatic carbocycles. The number of nitrogens with one attached hydrogen (secondary N) is 1. The summed E-state index contributed by atoms with van der Waals surface area (Å²) in [5.74, 6) is 0. The van der Waals surface area contributed by atoms with Crippen molar-refractivity contribution in [2.45, 2.75) is 19.4 Å². The van der Waals surface area contributed by atoms with E-state index in [1.807, 2.05) is 12.4 Å². The van der Waals surface area contributed by atoms with Crippen LogP contribution in [0.1, 0.15) is 30.5 Å². The lowest BCUT2D eigenvalue weighted by Gasteiger charge is -2.21. The smallest absolute Gasteiger partial charge is 0.0582 e. The van der Waals surface area contributed by atoms with E-state index in [2.05, 4.69) is 71.8 Å². The number of aromatic nitrogens is 1. The van der Waals surface area contributed by atoms with Crippen LogP contribution >= 0.6 is 0 Å². The molecule has 0 spiro atoms. The maximum atomic E-state index is 4.23. The molecule has 0 bridgehead atoms. The van der Waals surface area contributed by atoms with Gasteiger partial charge in [0.15, 0.2) is 0 Å². The van der Waals surface area contributed by atoms with Crippen molar-refractivity contribution in [1.82, 2.24) is 10.3 Å². The molecule has 106 valence electrons. The quantitative estimate of drug-likeness (QED) is 0.750. The number of hydrogen-bond donors (Lipinski definition) is 1. The molecule has 2 aromatic carbocycles. The second-order valence-electron chi connectivity index (χ2n) is 5.24. The molecule has 1 N–H and O–H groups in total. The van der Waals surface area contributed by atoms with Gasteiger partial charge in [-0.15, -0.1) is 0 Å². The fraction of sp³-hybridized carbons (Fsp3) is 0.211. The summed E-state index contributed by atoms with van der Waals surface area (Å²) < 4.78 is 0. The summed E-state index contributed by atoms with van der Waals surface area (Å²) in [7, 11) is 0. The van der Waals surface area contributed by atoms with Gasteiger partial charge in [0.2, 0.25) is 0 Å². The van der Waals surface area contributed by atoms with Crippen LogP contribution in [-0.2, 0) is 0 Å². The van der Waals surface area contributed by atoms with Crippen LogP contribution in [0.25, 0.3) is 10.8 Å². The fourth-order valence-corrected chi connectivity index (χ4v) is 2.74. The summed E-state index contributed by atoms with van der Waals surface area (Å²) in [5, 5.41) is 6.13. The molecule has 1 atom stereocenters. The van der Waals surface area contributed by atoms with Crippen molar-refractivity contribution in [3.8, 4) is 0 Å². The van der Waals surface area contributed by atoms with Gasteiger partial charge in [-0.2, -0.15) is 0 Å². The van der Waals surface area contributed by atoms with E-state index in [0.29, 0.717) is 0 Å². The molecule has 3 aromatic rings. The highest BCUT2D eigenvalue weighted by molar-refractivity contribution is 5.85. The van der Waals surface area contributed by atoms with E-state index >= 15 is 0 Å². The molecular weight excluding hydrogens is 256 g/mol. The largest absolute Gasteiger partial charge is 0.306 e. The van der Waals surface area contributed by atoms with E-state index in [-0.39, 0.29) is 6.04 Å². The third-order valence-electron chi connectivity index (χ3n) is 3.76. The molecule has 0 amide bonds. The maximum Gasteiger partial charge on any atom is 0.0582 e. The predicted octanol–water partition coefficient (Wildman–Crippen LogP) is 4.32. The summed E-state index contributed by atoms with van der Waals surface area (Å²) in [6, 6.07) is 19.4. The van der Waals surface area contributed by atoms with Crippen molar-refractivity contribution in [3.63, 3.8) is 0 Å². The molecule has 0 aliphatic heterocycles. The summed E-state index contributed by atoms with van der Waals surface area (Å²) in [4.78, 5) is 4.23. The Hall–Kier alpha value is -2.19. The van der Waals surface area contributed by atoms with Gasteiger partial charge in [-0.25, -0.2) is 0 Å². The van der Waals surface area contributed by atoms with E-state index in [1.165, 1.54) is 21.9 Å². The Bertz CT molecular complexity index is 702. The van der Waals surface area contributed by atoms with E-state index in [1.54, 1.807) is 0 Å². The lowest BCUT2D eigenvalue weighted by Crippen LogP contribution is -2.23. The van der Waals surface area contributed by atoms with Crippen LogP contribution in [0.5, 0.6) is 0 Å². The molecule has 1 unspecified atom stereocenters. The van der Waals surface area contributed by atoms with Crippen LogP contribution in [0.4, 0.5) is 0 Å². The highest BCUT2D eigenvalue weighted by Gasteiger charge is 2.15. The van der Waals surface area contributed by atoms with E-state index in [9.17, 15) is 0 Å². The van der Waals surface area contributed by atoms with E-state index < -0.39 is 0 Å². The average molecular weight is 276 g/mol. The van der Waals surface area contributed by atoms with Crippen LogP contribution in [-0.4, -0.2) is 11.5 Å². The first-order chi connectivity index (χ1) is 10.4. The predicted molar refractivity (Wildman–Crippen MR) is 88.3 cm³/mol. The van der Waals surface area contributed by atoms with Crippen LogP contribution < -0.4 is 5.32 Å². The molecule has 1 heterocycles. The van der Waals surface area contributed by atoms with Gasteiger partial charge in [-0.05, 0) is 35.5 Å². The van der Waals surface area contributed by atoms with Gasteiger partial charge in [0.1, 0.15) is 0 Å². The molecule has 0 aliphatic rings. The number of nitrogens with zero attached hydrogens (tertiary/aromatic N) is 1. The van der Waals surface area contributed by atoms with Crippen molar-refractivity contribution in [2.24, 2.45) is 0 Å². The summed E-state index contributed by atoms with van der Waals surface area (Å²) in [6.07, 6.45) is 4.92. The summed E-state index contributed by atoms with van der Waals surface area (Å²) in [6.45, 7) is 3.20. The normalized spacial score (nSPS) is 12.4. The number of benzene rings is 2. The van der Waals surface area contributed by atoms with Crippen molar-refractivity contribution >= 4 is 10.8 Å². The molecule has 0 fully saturated rings. The van der Waals surface area contributed by atoms with Crippen molar-refractivity contribution in [1.29, 1.82) is 0 Å². The second-order valence-corrected chi connectivity index (χ2v) is 5.24. The van der Waals surface area contributed by atoms with Gasteiger partial charge >= 0.3 is 0 Å². The topological polar surface area (TPSA) is 24.9 Å². The second kappa shape index (κ2) is 6.51. The monoisotopic (exact) mass is 276 g/mol. The molecular formula is C19H20N2. The zero-order chi connectivity index (χ0) is 14.5. The lowest BCUT2D eigenvalue weighted by atomic mass is 9.94. The van der Waals surface area contributed by atoms with Gasteiger partial charge in [0.25, 0.3) is 0 Å². The van der Waals surface area contributed by atoms with Crippen LogP contribution in [0, 0.1) is 0 Å². The SMILES string of the molecule is CCCNC(c1ccccc1)c1cccc2cnccc12. The molecule has 0 saturated heterocycles. The highest BCUT2D eigenvalue weighted by Crippen LogP contribution is 2.28. The van der Waals surface area contributed by atoms with Gasteiger partial charge in [-0.1, -0.05) is 55.5 Å². The highest BCUT2D eigenvalue weighted by atomic mass is 14.9. The zero-order valence-corrected chi connectivity index (χ0v) is 12.3. The number of fused-ring (bicyclic) bond motifs is 1.